The van der Waals surface area contributed by atoms with Gasteiger partial charge in [0.05, 0.1) is 1.37 Å². The molecule has 2 N–H and O–H groups in total. The summed E-state index contributed by atoms with van der Waals surface area (Å²) in [5.41, 5.74) is -0.590. The first kappa shape index (κ1) is 11.2. The van der Waals surface area contributed by atoms with Crippen LogP contribution in [-0.2, 0) is 9.53 Å². The molecule has 0 saturated heterocycles. The van der Waals surface area contributed by atoms with Gasteiger partial charge in [-0.25, -0.2) is 4.79 Å². The molecule has 1 fully saturated rings. The molecule has 92 valence electrons. The summed E-state index contributed by atoms with van der Waals surface area (Å²) in [6, 6.07) is -1.52. The van der Waals surface area contributed by atoms with E-state index in [4.69, 9.17) is 6.11 Å². The Kier molecular flexibility index (Phi) is 3.31. The van der Waals surface area contributed by atoms with E-state index in [0.29, 0.717) is 12.8 Å². The Morgan fingerprint density at radius 2 is 2.00 bits per heavy atom. The smallest absolute Gasteiger partial charge is 0.408 e. The summed E-state index contributed by atoms with van der Waals surface area (Å²) in [7, 11) is 0. The van der Waals surface area contributed by atoms with Gasteiger partial charge in [-0.15, -0.1) is 0 Å². The summed E-state index contributed by atoms with van der Waals surface area (Å²) < 4.78 is 12.6. The summed E-state index contributed by atoms with van der Waals surface area (Å²) in [5.74, 6) is -0.358. The number of amides is 2. The van der Waals surface area contributed by atoms with Gasteiger partial charge in [-0.2, -0.15) is 0 Å². The van der Waals surface area contributed by atoms with Gasteiger partial charge in [-0.05, 0) is 40.5 Å². The zero-order chi connectivity index (χ0) is 13.3. The molecular formula is C11H20N2O3. The van der Waals surface area contributed by atoms with Gasteiger partial charge in [0.1, 0.15) is 11.6 Å². The molecule has 0 aromatic heterocycles. The maximum Gasteiger partial charge on any atom is 0.408 e. The van der Waals surface area contributed by atoms with Gasteiger partial charge in [0.25, 0.3) is 0 Å². The van der Waals surface area contributed by atoms with Crippen LogP contribution in [0.4, 0.5) is 4.79 Å². The van der Waals surface area contributed by atoms with Crippen LogP contribution in [-0.4, -0.2) is 29.7 Å². The van der Waals surface area contributed by atoms with Crippen LogP contribution in [0.15, 0.2) is 0 Å². The average Bonchev–Trinajstić information content (AvgIpc) is 2.79. The van der Waals surface area contributed by atoms with E-state index < -0.39 is 23.8 Å². The third-order valence-corrected chi connectivity index (χ3v) is 1.93. The van der Waals surface area contributed by atoms with Gasteiger partial charge in [0.2, 0.25) is 5.91 Å². The van der Waals surface area contributed by atoms with Crippen LogP contribution in [0.1, 0.15) is 41.9 Å². The number of ether oxygens (including phenoxy) is 1. The number of rotatable bonds is 3. The Labute approximate surface area is 97.3 Å². The Morgan fingerprint density at radius 1 is 1.44 bits per heavy atom. The number of hydrogen-bond donors (Lipinski definition) is 2. The minimum atomic E-state index is -0.818. The normalized spacial score (nSPS) is 20.4. The average molecular weight is 229 g/mol. The second-order valence-corrected chi connectivity index (χ2v) is 4.96. The van der Waals surface area contributed by atoms with Crippen molar-refractivity contribution in [2.75, 3.05) is 0 Å². The van der Waals surface area contributed by atoms with Crippen molar-refractivity contribution in [3.05, 3.63) is 0 Å². The molecular weight excluding hydrogens is 208 g/mol. The maximum atomic E-state index is 11.6. The van der Waals surface area contributed by atoms with Crippen molar-refractivity contribution in [1.82, 2.24) is 10.6 Å². The van der Waals surface area contributed by atoms with Gasteiger partial charge in [-0.3, -0.25) is 4.79 Å². The fraction of sp³-hybridized carbons (Fsp3) is 0.818. The standard InChI is InChI=1S/C11H20N2O3/c1-7(9(14)13-8-5-6-8)12-10(15)16-11(2,3)4/h7-8H,5-6H2,1-4H3,(H,12,15)(H,13,14)/t7-/m0/s1/i8D. The van der Waals surface area contributed by atoms with Crippen molar-refractivity contribution < 1.29 is 15.7 Å². The molecule has 5 heteroatoms. The highest BCUT2D eigenvalue weighted by molar-refractivity contribution is 5.85. The van der Waals surface area contributed by atoms with E-state index in [1.165, 1.54) is 0 Å². The third kappa shape index (κ3) is 5.00. The fourth-order valence-electron chi connectivity index (χ4n) is 1.02. The van der Waals surface area contributed by atoms with E-state index >= 15 is 0 Å². The van der Waals surface area contributed by atoms with Crippen LogP contribution >= 0.6 is 0 Å². The summed E-state index contributed by atoms with van der Waals surface area (Å²) in [5, 5.41) is 4.99. The van der Waals surface area contributed by atoms with Crippen LogP contribution in [0.2, 0.25) is 0 Å². The molecule has 0 radical (unpaired) electrons. The third-order valence-electron chi connectivity index (χ3n) is 1.93. The summed E-state index contributed by atoms with van der Waals surface area (Å²) in [6.07, 6.45) is 0.700. The van der Waals surface area contributed by atoms with E-state index in [2.05, 4.69) is 10.6 Å². The Bertz CT molecular complexity index is 321. The highest BCUT2D eigenvalue weighted by atomic mass is 16.6. The topological polar surface area (TPSA) is 67.4 Å². The number of carbonyl (C=O) groups excluding carboxylic acids is 2. The molecule has 2 amide bonds. The van der Waals surface area contributed by atoms with Gasteiger partial charge in [0.15, 0.2) is 0 Å². The van der Waals surface area contributed by atoms with Crippen LogP contribution in [0.3, 0.4) is 0 Å². The highest BCUT2D eigenvalue weighted by Crippen LogP contribution is 2.18. The number of carbonyl (C=O) groups is 2. The molecule has 16 heavy (non-hydrogen) atoms. The highest BCUT2D eigenvalue weighted by Gasteiger charge is 2.27. The van der Waals surface area contributed by atoms with E-state index in [1.54, 1.807) is 27.7 Å². The Morgan fingerprint density at radius 3 is 2.44 bits per heavy atom. The first-order chi connectivity index (χ1) is 7.61. The van der Waals surface area contributed by atoms with Gasteiger partial charge >= 0.3 is 6.09 Å². The number of nitrogens with one attached hydrogen (secondary N) is 2. The van der Waals surface area contributed by atoms with E-state index in [0.717, 1.165) is 0 Å². The second kappa shape index (κ2) is 4.72. The van der Waals surface area contributed by atoms with Crippen molar-refractivity contribution in [3.63, 3.8) is 0 Å². The lowest BCUT2D eigenvalue weighted by molar-refractivity contribution is -0.122. The van der Waals surface area contributed by atoms with Crippen molar-refractivity contribution >= 4 is 12.0 Å². The van der Waals surface area contributed by atoms with E-state index in [9.17, 15) is 9.59 Å². The quantitative estimate of drug-likeness (QED) is 0.763. The van der Waals surface area contributed by atoms with E-state index in [-0.39, 0.29) is 5.91 Å². The number of alkyl carbamates (subject to hydrolysis) is 1. The lowest BCUT2D eigenvalue weighted by atomic mass is 10.2. The molecule has 1 aliphatic carbocycles. The first-order valence-electron chi connectivity index (χ1n) is 5.93. The minimum Gasteiger partial charge on any atom is -0.444 e. The summed E-state index contributed by atoms with van der Waals surface area (Å²) in [4.78, 5) is 23.0. The van der Waals surface area contributed by atoms with Crippen molar-refractivity contribution in [2.24, 2.45) is 0 Å². The first-order valence-corrected chi connectivity index (χ1v) is 5.43. The molecule has 1 aliphatic rings. The van der Waals surface area contributed by atoms with Crippen molar-refractivity contribution in [2.45, 2.75) is 58.2 Å². The molecule has 1 saturated carbocycles. The second-order valence-electron chi connectivity index (χ2n) is 4.96. The number of hydrogen-bond acceptors (Lipinski definition) is 3. The Balaban J connectivity index is 2.35. The van der Waals surface area contributed by atoms with E-state index in [1.807, 2.05) is 0 Å². The molecule has 1 rings (SSSR count). The lowest BCUT2D eigenvalue weighted by Gasteiger charge is -2.21. The fourth-order valence-corrected chi connectivity index (χ4v) is 1.02. The zero-order valence-electron chi connectivity index (χ0n) is 11.2. The maximum absolute atomic E-state index is 11.6. The minimum absolute atomic E-state index is 0.358. The SMILES string of the molecule is [2H]C1(NC(=O)[C@H](C)NC(=O)OC(C)(C)C)CC1. The summed E-state index contributed by atoms with van der Waals surface area (Å²) in [6.45, 7) is 6.81. The molecule has 0 aliphatic heterocycles. The molecule has 0 spiro atoms. The summed E-state index contributed by atoms with van der Waals surface area (Å²) >= 11 is 0. The van der Waals surface area contributed by atoms with Crippen molar-refractivity contribution in [3.8, 4) is 0 Å². The monoisotopic (exact) mass is 229 g/mol. The molecule has 0 heterocycles. The zero-order valence-corrected chi connectivity index (χ0v) is 10.2. The van der Waals surface area contributed by atoms with Gasteiger partial charge < -0.3 is 15.4 Å². The predicted molar refractivity (Wildman–Crippen MR) is 60.0 cm³/mol. The molecule has 0 aromatic carbocycles. The van der Waals surface area contributed by atoms with Crippen LogP contribution in [0.5, 0.6) is 0 Å². The van der Waals surface area contributed by atoms with Crippen LogP contribution in [0.25, 0.3) is 0 Å². The predicted octanol–water partition coefficient (Wildman–Crippen LogP) is 1.18. The largest absolute Gasteiger partial charge is 0.444 e. The molecule has 1 atom stereocenters. The molecule has 0 unspecified atom stereocenters. The van der Waals surface area contributed by atoms with Crippen LogP contribution < -0.4 is 10.6 Å². The Hall–Kier alpha value is -1.26. The van der Waals surface area contributed by atoms with Gasteiger partial charge in [0, 0.05) is 6.02 Å². The molecule has 5 nitrogen and oxygen atoms in total. The van der Waals surface area contributed by atoms with Crippen molar-refractivity contribution in [1.29, 1.82) is 0 Å². The molecule has 0 aromatic rings. The van der Waals surface area contributed by atoms with Crippen LogP contribution in [0, 0.1) is 0 Å². The molecule has 0 bridgehead atoms. The van der Waals surface area contributed by atoms with Gasteiger partial charge in [-0.1, -0.05) is 0 Å². The lowest BCUT2D eigenvalue weighted by Crippen LogP contribution is -2.47.